The van der Waals surface area contributed by atoms with Crippen LogP contribution in [0.15, 0.2) is 18.2 Å². The predicted molar refractivity (Wildman–Crippen MR) is 69.8 cm³/mol. The molecule has 0 unspecified atom stereocenters. The first-order chi connectivity index (χ1) is 7.33. The fourth-order valence-electron chi connectivity index (χ4n) is 1.80. The number of nitrogens with zero attached hydrogens (tertiary/aromatic N) is 1. The summed E-state index contributed by atoms with van der Waals surface area (Å²) in [6, 6.07) is 6.01. The lowest BCUT2D eigenvalue weighted by Crippen LogP contribution is -2.38. The van der Waals surface area contributed by atoms with Gasteiger partial charge in [0.25, 0.3) is 0 Å². The number of nitrogens with two attached hydrogens (primary N) is 1. The standard InChI is InChI=1S/C13H22N2O/c1-5-15(9-13(3,4)16)12-7-6-10(2)8-11(12)14/h6-8,16H,5,9,14H2,1-4H3. The molecule has 1 aromatic rings. The van der Waals surface area contributed by atoms with Crippen molar-refractivity contribution in [3.05, 3.63) is 23.8 Å². The van der Waals surface area contributed by atoms with E-state index >= 15 is 0 Å². The predicted octanol–water partition coefficient (Wildman–Crippen LogP) is 2.17. The third kappa shape index (κ3) is 3.42. The molecule has 0 aliphatic rings. The molecule has 1 aromatic carbocycles. The molecule has 3 nitrogen and oxygen atoms in total. The van der Waals surface area contributed by atoms with Crippen LogP contribution in [0.2, 0.25) is 0 Å². The highest BCUT2D eigenvalue weighted by Crippen LogP contribution is 2.25. The Morgan fingerprint density at radius 2 is 2.00 bits per heavy atom. The molecule has 0 heterocycles. The molecule has 0 spiro atoms. The van der Waals surface area contributed by atoms with Crippen LogP contribution in [0.25, 0.3) is 0 Å². The monoisotopic (exact) mass is 222 g/mol. The zero-order valence-corrected chi connectivity index (χ0v) is 10.6. The molecular weight excluding hydrogens is 200 g/mol. The first kappa shape index (κ1) is 12.8. The van der Waals surface area contributed by atoms with E-state index in [1.165, 1.54) is 0 Å². The van der Waals surface area contributed by atoms with Gasteiger partial charge in [-0.1, -0.05) is 6.07 Å². The Labute approximate surface area is 97.9 Å². The van der Waals surface area contributed by atoms with Gasteiger partial charge < -0.3 is 15.7 Å². The second kappa shape index (κ2) is 4.74. The van der Waals surface area contributed by atoms with Crippen LogP contribution in [-0.4, -0.2) is 23.8 Å². The summed E-state index contributed by atoms with van der Waals surface area (Å²) in [4.78, 5) is 2.09. The van der Waals surface area contributed by atoms with Crippen molar-refractivity contribution in [3.8, 4) is 0 Å². The van der Waals surface area contributed by atoms with Gasteiger partial charge in [-0.15, -0.1) is 0 Å². The third-order valence-corrected chi connectivity index (χ3v) is 2.48. The van der Waals surface area contributed by atoms with Gasteiger partial charge in [0.2, 0.25) is 0 Å². The Kier molecular flexibility index (Phi) is 3.81. The van der Waals surface area contributed by atoms with Crippen molar-refractivity contribution in [3.63, 3.8) is 0 Å². The first-order valence-electron chi connectivity index (χ1n) is 5.67. The van der Waals surface area contributed by atoms with Gasteiger partial charge in [-0.3, -0.25) is 0 Å². The van der Waals surface area contributed by atoms with Gasteiger partial charge in [0.05, 0.1) is 17.0 Å². The van der Waals surface area contributed by atoms with Gasteiger partial charge in [-0.25, -0.2) is 0 Å². The van der Waals surface area contributed by atoms with E-state index in [4.69, 9.17) is 5.73 Å². The number of benzene rings is 1. The van der Waals surface area contributed by atoms with Gasteiger partial charge in [0.15, 0.2) is 0 Å². The molecule has 0 saturated heterocycles. The van der Waals surface area contributed by atoms with Crippen molar-refractivity contribution in [2.24, 2.45) is 0 Å². The quantitative estimate of drug-likeness (QED) is 0.768. The number of nitrogen functional groups attached to an aromatic ring is 1. The fraction of sp³-hybridized carbons (Fsp3) is 0.538. The highest BCUT2D eigenvalue weighted by molar-refractivity contribution is 5.68. The molecule has 0 amide bonds. The summed E-state index contributed by atoms with van der Waals surface area (Å²) >= 11 is 0. The van der Waals surface area contributed by atoms with Crippen LogP contribution in [0.3, 0.4) is 0 Å². The average molecular weight is 222 g/mol. The second-order valence-corrected chi connectivity index (χ2v) is 4.89. The summed E-state index contributed by atoms with van der Waals surface area (Å²) in [5.41, 5.74) is 8.20. The maximum Gasteiger partial charge on any atom is 0.0765 e. The first-order valence-corrected chi connectivity index (χ1v) is 5.67. The maximum atomic E-state index is 9.84. The van der Waals surface area contributed by atoms with E-state index in [2.05, 4.69) is 11.8 Å². The Morgan fingerprint density at radius 1 is 1.38 bits per heavy atom. The third-order valence-electron chi connectivity index (χ3n) is 2.48. The normalized spacial score (nSPS) is 11.6. The number of rotatable bonds is 4. The average Bonchev–Trinajstić information content (AvgIpc) is 2.13. The topological polar surface area (TPSA) is 49.5 Å². The molecule has 0 fully saturated rings. The molecule has 0 aromatic heterocycles. The molecular formula is C13H22N2O. The molecule has 90 valence electrons. The van der Waals surface area contributed by atoms with Crippen molar-refractivity contribution >= 4 is 11.4 Å². The van der Waals surface area contributed by atoms with Crippen molar-refractivity contribution in [1.82, 2.24) is 0 Å². The van der Waals surface area contributed by atoms with Crippen LogP contribution in [-0.2, 0) is 0 Å². The van der Waals surface area contributed by atoms with Gasteiger partial charge >= 0.3 is 0 Å². The lowest BCUT2D eigenvalue weighted by atomic mass is 10.1. The van der Waals surface area contributed by atoms with Crippen LogP contribution in [0, 0.1) is 6.92 Å². The minimum Gasteiger partial charge on any atom is -0.397 e. The zero-order valence-electron chi connectivity index (χ0n) is 10.6. The van der Waals surface area contributed by atoms with E-state index < -0.39 is 5.60 Å². The smallest absolute Gasteiger partial charge is 0.0765 e. The number of anilines is 2. The number of aryl methyl sites for hydroxylation is 1. The summed E-state index contributed by atoms with van der Waals surface area (Å²) in [5, 5.41) is 9.84. The van der Waals surface area contributed by atoms with E-state index in [1.54, 1.807) is 13.8 Å². The number of aliphatic hydroxyl groups is 1. The summed E-state index contributed by atoms with van der Waals surface area (Å²) in [7, 11) is 0. The van der Waals surface area contributed by atoms with E-state index in [9.17, 15) is 5.11 Å². The minimum atomic E-state index is -0.715. The summed E-state index contributed by atoms with van der Waals surface area (Å²) in [6.45, 7) is 9.10. The Bertz CT molecular complexity index is 355. The molecule has 0 atom stereocenters. The SMILES string of the molecule is CCN(CC(C)(C)O)c1ccc(C)cc1N. The van der Waals surface area contributed by atoms with Gasteiger partial charge in [0.1, 0.15) is 0 Å². The van der Waals surface area contributed by atoms with Crippen molar-refractivity contribution in [1.29, 1.82) is 0 Å². The number of likely N-dealkylation sites (N-methyl/N-ethyl adjacent to an activating group) is 1. The van der Waals surface area contributed by atoms with Crippen LogP contribution in [0.1, 0.15) is 26.3 Å². The van der Waals surface area contributed by atoms with Gasteiger partial charge in [-0.2, -0.15) is 0 Å². The van der Waals surface area contributed by atoms with E-state index in [1.807, 2.05) is 25.1 Å². The summed E-state index contributed by atoms with van der Waals surface area (Å²) < 4.78 is 0. The fourth-order valence-corrected chi connectivity index (χ4v) is 1.80. The molecule has 1 rings (SSSR count). The Balaban J connectivity index is 2.95. The molecule has 0 radical (unpaired) electrons. The van der Waals surface area contributed by atoms with Crippen LogP contribution in [0.5, 0.6) is 0 Å². The second-order valence-electron chi connectivity index (χ2n) is 4.89. The molecule has 3 N–H and O–H groups in total. The Morgan fingerprint density at radius 3 is 2.44 bits per heavy atom. The minimum absolute atomic E-state index is 0.580. The van der Waals surface area contributed by atoms with Crippen molar-refractivity contribution < 1.29 is 5.11 Å². The maximum absolute atomic E-state index is 9.84. The molecule has 0 aliphatic carbocycles. The van der Waals surface area contributed by atoms with Crippen LogP contribution < -0.4 is 10.6 Å². The number of hydrogen-bond acceptors (Lipinski definition) is 3. The summed E-state index contributed by atoms with van der Waals surface area (Å²) in [5.74, 6) is 0. The van der Waals surface area contributed by atoms with Crippen molar-refractivity contribution in [2.45, 2.75) is 33.3 Å². The number of hydrogen-bond donors (Lipinski definition) is 2. The van der Waals surface area contributed by atoms with E-state index in [0.717, 1.165) is 23.5 Å². The highest BCUT2D eigenvalue weighted by atomic mass is 16.3. The van der Waals surface area contributed by atoms with E-state index in [-0.39, 0.29) is 0 Å². The Hall–Kier alpha value is -1.22. The highest BCUT2D eigenvalue weighted by Gasteiger charge is 2.18. The van der Waals surface area contributed by atoms with Gasteiger partial charge in [0, 0.05) is 13.1 Å². The van der Waals surface area contributed by atoms with Crippen LogP contribution >= 0.6 is 0 Å². The molecule has 16 heavy (non-hydrogen) atoms. The zero-order chi connectivity index (χ0) is 12.3. The molecule has 0 bridgehead atoms. The largest absolute Gasteiger partial charge is 0.397 e. The molecule has 0 aliphatic heterocycles. The molecule has 3 heteroatoms. The van der Waals surface area contributed by atoms with Gasteiger partial charge in [-0.05, 0) is 45.4 Å². The molecule has 0 saturated carbocycles. The summed E-state index contributed by atoms with van der Waals surface area (Å²) in [6.07, 6.45) is 0. The lowest BCUT2D eigenvalue weighted by Gasteiger charge is -2.30. The van der Waals surface area contributed by atoms with Crippen molar-refractivity contribution in [2.75, 3.05) is 23.7 Å². The lowest BCUT2D eigenvalue weighted by molar-refractivity contribution is 0.0876. The van der Waals surface area contributed by atoms with E-state index in [0.29, 0.717) is 6.54 Å². The van der Waals surface area contributed by atoms with Crippen LogP contribution in [0.4, 0.5) is 11.4 Å².